The number of aromatic nitrogens is 5. The monoisotopic (exact) mass is 241 g/mol. The molecule has 0 aromatic carbocycles. The highest BCUT2D eigenvalue weighted by Gasteiger charge is 2.08. The number of aryl methyl sites for hydroxylation is 2. The van der Waals surface area contributed by atoms with Gasteiger partial charge in [-0.25, -0.2) is 0 Å². The Morgan fingerprint density at radius 3 is 2.83 bits per heavy atom. The third kappa shape index (κ3) is 2.27. The Morgan fingerprint density at radius 1 is 1.17 bits per heavy atom. The van der Waals surface area contributed by atoms with Crippen molar-refractivity contribution >= 4 is 0 Å². The number of pyridine rings is 1. The summed E-state index contributed by atoms with van der Waals surface area (Å²) >= 11 is 0. The zero-order chi connectivity index (χ0) is 12.2. The molecule has 0 bridgehead atoms. The molecule has 0 aliphatic rings. The zero-order valence-corrected chi connectivity index (χ0v) is 9.58. The van der Waals surface area contributed by atoms with Gasteiger partial charge in [0.15, 0.2) is 0 Å². The molecule has 0 atom stereocenters. The van der Waals surface area contributed by atoms with E-state index >= 15 is 0 Å². The van der Waals surface area contributed by atoms with Crippen LogP contribution in [0.15, 0.2) is 41.4 Å². The number of nitrogens with zero attached hydrogens (tertiary/aromatic N) is 4. The van der Waals surface area contributed by atoms with E-state index in [1.807, 2.05) is 18.3 Å². The van der Waals surface area contributed by atoms with Gasteiger partial charge in [0.05, 0.1) is 6.20 Å². The van der Waals surface area contributed by atoms with E-state index in [1.54, 1.807) is 18.6 Å². The normalized spacial score (nSPS) is 10.7. The van der Waals surface area contributed by atoms with E-state index in [0.29, 0.717) is 18.1 Å². The molecule has 0 spiro atoms. The molecular weight excluding hydrogens is 230 g/mol. The zero-order valence-electron chi connectivity index (χ0n) is 9.58. The van der Waals surface area contributed by atoms with Crippen LogP contribution >= 0.6 is 0 Å². The van der Waals surface area contributed by atoms with Crippen molar-refractivity contribution in [1.82, 2.24) is 25.3 Å². The molecular formula is C12H11N5O. The fourth-order valence-corrected chi connectivity index (χ4v) is 1.64. The van der Waals surface area contributed by atoms with Crippen LogP contribution in [0.4, 0.5) is 0 Å². The van der Waals surface area contributed by atoms with Gasteiger partial charge in [-0.3, -0.25) is 10.1 Å². The average molecular weight is 241 g/mol. The minimum Gasteiger partial charge on any atom is -0.339 e. The molecule has 0 unspecified atom stereocenters. The number of hydrogen-bond acceptors (Lipinski definition) is 5. The molecule has 18 heavy (non-hydrogen) atoms. The van der Waals surface area contributed by atoms with Gasteiger partial charge in [-0.2, -0.15) is 10.1 Å². The van der Waals surface area contributed by atoms with Gasteiger partial charge in [0, 0.05) is 30.6 Å². The molecule has 0 aliphatic heterocycles. The third-order valence-corrected chi connectivity index (χ3v) is 2.59. The van der Waals surface area contributed by atoms with Crippen molar-refractivity contribution in [2.45, 2.75) is 12.8 Å². The van der Waals surface area contributed by atoms with E-state index in [1.165, 1.54) is 0 Å². The number of aromatic amines is 1. The molecule has 0 saturated heterocycles. The maximum Gasteiger partial charge on any atom is 0.227 e. The van der Waals surface area contributed by atoms with Gasteiger partial charge in [0.1, 0.15) is 0 Å². The Kier molecular flexibility index (Phi) is 2.83. The number of rotatable bonds is 4. The van der Waals surface area contributed by atoms with Crippen molar-refractivity contribution in [2.75, 3.05) is 0 Å². The second-order valence-corrected chi connectivity index (χ2v) is 3.85. The number of hydrogen-bond donors (Lipinski definition) is 1. The molecule has 90 valence electrons. The molecule has 0 aliphatic carbocycles. The summed E-state index contributed by atoms with van der Waals surface area (Å²) in [5, 5.41) is 10.6. The van der Waals surface area contributed by atoms with Crippen LogP contribution in [0.5, 0.6) is 0 Å². The van der Waals surface area contributed by atoms with Crippen LogP contribution in [0.1, 0.15) is 11.5 Å². The predicted molar refractivity (Wildman–Crippen MR) is 63.5 cm³/mol. The topological polar surface area (TPSA) is 80.5 Å². The summed E-state index contributed by atoms with van der Waals surface area (Å²) in [7, 11) is 0. The van der Waals surface area contributed by atoms with Crippen LogP contribution < -0.4 is 0 Å². The molecule has 3 heterocycles. The Hall–Kier alpha value is -2.50. The molecule has 0 fully saturated rings. The molecule has 3 rings (SSSR count). The minimum absolute atomic E-state index is 0.597. The lowest BCUT2D eigenvalue weighted by atomic mass is 10.2. The molecule has 3 aromatic heterocycles. The number of nitrogens with one attached hydrogen (secondary N) is 1. The van der Waals surface area contributed by atoms with E-state index < -0.39 is 0 Å². The second-order valence-electron chi connectivity index (χ2n) is 3.85. The fraction of sp³-hybridized carbons (Fsp3) is 0.167. The van der Waals surface area contributed by atoms with Crippen LogP contribution in [0.25, 0.3) is 11.4 Å². The molecule has 0 amide bonds. The molecule has 6 heteroatoms. The summed E-state index contributed by atoms with van der Waals surface area (Å²) in [6.07, 6.45) is 8.60. The maximum absolute atomic E-state index is 5.21. The van der Waals surface area contributed by atoms with Gasteiger partial charge in [-0.1, -0.05) is 5.16 Å². The van der Waals surface area contributed by atoms with Crippen LogP contribution in [-0.2, 0) is 12.8 Å². The summed E-state index contributed by atoms with van der Waals surface area (Å²) in [6, 6.07) is 3.70. The highest BCUT2D eigenvalue weighted by molar-refractivity contribution is 5.52. The standard InChI is InChI=1S/C12H11N5O/c1(9-7-14-15-8-9)2-11-16-12(17-18-11)10-3-5-13-6-4-10/h3-8H,1-2H2,(H,14,15). The highest BCUT2D eigenvalue weighted by atomic mass is 16.5. The summed E-state index contributed by atoms with van der Waals surface area (Å²) in [5.74, 6) is 1.22. The lowest BCUT2D eigenvalue weighted by molar-refractivity contribution is 0.379. The fourth-order valence-electron chi connectivity index (χ4n) is 1.64. The smallest absolute Gasteiger partial charge is 0.227 e. The first kappa shape index (κ1) is 10.6. The van der Waals surface area contributed by atoms with Crippen LogP contribution in [-0.4, -0.2) is 25.3 Å². The summed E-state index contributed by atoms with van der Waals surface area (Å²) in [6.45, 7) is 0. The SMILES string of the molecule is c1cc(-c2noc(CCc3cn[nH]c3)n2)ccn1. The molecule has 0 saturated carbocycles. The first-order chi connectivity index (χ1) is 8.92. The number of H-pyrrole nitrogens is 1. The quantitative estimate of drug-likeness (QED) is 0.751. The largest absolute Gasteiger partial charge is 0.339 e. The highest BCUT2D eigenvalue weighted by Crippen LogP contribution is 2.14. The molecule has 3 aromatic rings. The van der Waals surface area contributed by atoms with Gasteiger partial charge in [0.2, 0.25) is 11.7 Å². The Bertz CT molecular complexity index is 602. The maximum atomic E-state index is 5.21. The van der Waals surface area contributed by atoms with Crippen molar-refractivity contribution in [1.29, 1.82) is 0 Å². The molecule has 1 N–H and O–H groups in total. The first-order valence-corrected chi connectivity index (χ1v) is 5.62. The second kappa shape index (κ2) is 4.79. The Balaban J connectivity index is 1.70. The van der Waals surface area contributed by atoms with E-state index in [2.05, 4.69) is 25.3 Å². The van der Waals surface area contributed by atoms with Gasteiger partial charge in [-0.15, -0.1) is 0 Å². The van der Waals surface area contributed by atoms with Crippen LogP contribution in [0.3, 0.4) is 0 Å². The molecule has 6 nitrogen and oxygen atoms in total. The van der Waals surface area contributed by atoms with Gasteiger partial charge in [0.25, 0.3) is 0 Å². The van der Waals surface area contributed by atoms with Crippen molar-refractivity contribution in [2.24, 2.45) is 0 Å². The van der Waals surface area contributed by atoms with E-state index in [0.717, 1.165) is 17.5 Å². The Labute approximate surface area is 103 Å². The van der Waals surface area contributed by atoms with E-state index in [-0.39, 0.29) is 0 Å². The van der Waals surface area contributed by atoms with Gasteiger partial charge < -0.3 is 4.52 Å². The summed E-state index contributed by atoms with van der Waals surface area (Å²) in [5.41, 5.74) is 2.03. The Morgan fingerprint density at radius 2 is 2.06 bits per heavy atom. The van der Waals surface area contributed by atoms with Gasteiger partial charge in [-0.05, 0) is 24.1 Å². The predicted octanol–water partition coefficient (Wildman–Crippen LogP) is 1.64. The van der Waals surface area contributed by atoms with Crippen molar-refractivity contribution in [3.63, 3.8) is 0 Å². The molecule has 0 radical (unpaired) electrons. The summed E-state index contributed by atoms with van der Waals surface area (Å²) < 4.78 is 5.21. The van der Waals surface area contributed by atoms with Gasteiger partial charge >= 0.3 is 0 Å². The lowest BCUT2D eigenvalue weighted by Gasteiger charge is -1.91. The van der Waals surface area contributed by atoms with Crippen molar-refractivity contribution < 1.29 is 4.52 Å². The van der Waals surface area contributed by atoms with Crippen LogP contribution in [0.2, 0.25) is 0 Å². The van der Waals surface area contributed by atoms with E-state index in [9.17, 15) is 0 Å². The van der Waals surface area contributed by atoms with Crippen molar-refractivity contribution in [3.8, 4) is 11.4 Å². The first-order valence-electron chi connectivity index (χ1n) is 5.62. The minimum atomic E-state index is 0.597. The summed E-state index contributed by atoms with van der Waals surface area (Å²) in [4.78, 5) is 8.29. The van der Waals surface area contributed by atoms with Crippen LogP contribution in [0, 0.1) is 0 Å². The average Bonchev–Trinajstić information content (AvgIpc) is 3.09. The third-order valence-electron chi connectivity index (χ3n) is 2.59. The van der Waals surface area contributed by atoms with E-state index in [4.69, 9.17) is 4.52 Å². The van der Waals surface area contributed by atoms with Crippen molar-refractivity contribution in [3.05, 3.63) is 48.4 Å². The lowest BCUT2D eigenvalue weighted by Crippen LogP contribution is -1.90.